The van der Waals surface area contributed by atoms with Gasteiger partial charge in [0.15, 0.2) is 0 Å². The Bertz CT molecular complexity index is 1400. The van der Waals surface area contributed by atoms with Crippen molar-refractivity contribution in [1.29, 1.82) is 0 Å². The first-order valence-electron chi connectivity index (χ1n) is 13.5. The summed E-state index contributed by atoms with van der Waals surface area (Å²) in [5.74, 6) is -0.497. The van der Waals surface area contributed by atoms with Gasteiger partial charge in [-0.2, -0.15) is 0 Å². The van der Waals surface area contributed by atoms with Crippen LogP contribution >= 0.6 is 0 Å². The van der Waals surface area contributed by atoms with Gasteiger partial charge < -0.3 is 15.0 Å². The molecule has 0 aromatic heterocycles. The molecule has 2 amide bonds. The number of benzene rings is 3. The second-order valence-electron chi connectivity index (χ2n) is 10.2. The van der Waals surface area contributed by atoms with E-state index >= 15 is 0 Å². The van der Waals surface area contributed by atoms with Gasteiger partial charge >= 0.3 is 0 Å². The van der Waals surface area contributed by atoms with Gasteiger partial charge in [-0.05, 0) is 55.7 Å². The van der Waals surface area contributed by atoms with Crippen LogP contribution in [0.25, 0.3) is 0 Å². The highest BCUT2D eigenvalue weighted by Gasteiger charge is 2.31. The van der Waals surface area contributed by atoms with Crippen LogP contribution in [0.1, 0.15) is 37.8 Å². The number of rotatable bonds is 14. The highest BCUT2D eigenvalue weighted by atomic mass is 32.2. The molecule has 0 spiro atoms. The Hall–Kier alpha value is -3.92. The van der Waals surface area contributed by atoms with Crippen LogP contribution in [0, 0.1) is 5.82 Å². The van der Waals surface area contributed by atoms with Crippen molar-refractivity contribution in [2.45, 2.75) is 51.7 Å². The maximum atomic E-state index is 13.8. The third-order valence-corrected chi connectivity index (χ3v) is 7.66. The van der Waals surface area contributed by atoms with Crippen LogP contribution in [0.5, 0.6) is 5.75 Å². The van der Waals surface area contributed by atoms with Gasteiger partial charge in [-0.1, -0.05) is 48.5 Å². The summed E-state index contributed by atoms with van der Waals surface area (Å²) in [7, 11) is -2.14. The van der Waals surface area contributed by atoms with E-state index in [9.17, 15) is 22.4 Å². The zero-order valence-electron chi connectivity index (χ0n) is 23.9. The van der Waals surface area contributed by atoms with Gasteiger partial charge in [-0.15, -0.1) is 0 Å². The van der Waals surface area contributed by atoms with Crippen LogP contribution in [0.3, 0.4) is 0 Å². The number of ether oxygens (including phenoxy) is 1. The van der Waals surface area contributed by atoms with Crippen LogP contribution in [0.4, 0.5) is 10.1 Å². The first kappa shape index (κ1) is 31.6. The molecule has 3 rings (SSSR count). The topological polar surface area (TPSA) is 96.0 Å². The Kier molecular flexibility index (Phi) is 11.3. The Morgan fingerprint density at radius 2 is 1.63 bits per heavy atom. The SMILES string of the molecule is COc1cccc(N(CCCC(=O)N(Cc2ccc(F)cc2)[C@@H](Cc2ccccc2)C(=O)NC(C)C)S(C)(=O)=O)c1. The van der Waals surface area contributed by atoms with Gasteiger partial charge in [0.05, 0.1) is 19.1 Å². The largest absolute Gasteiger partial charge is 0.497 e. The van der Waals surface area contributed by atoms with Crippen molar-refractivity contribution in [3.05, 3.63) is 95.8 Å². The first-order chi connectivity index (χ1) is 19.5. The Labute approximate surface area is 242 Å². The highest BCUT2D eigenvalue weighted by Crippen LogP contribution is 2.24. The lowest BCUT2D eigenvalue weighted by molar-refractivity contribution is -0.141. The summed E-state index contributed by atoms with van der Waals surface area (Å²) < 4.78 is 45.3. The van der Waals surface area contributed by atoms with Crippen LogP contribution in [-0.2, 0) is 32.6 Å². The summed E-state index contributed by atoms with van der Waals surface area (Å²) in [5, 5.41) is 2.93. The summed E-state index contributed by atoms with van der Waals surface area (Å²) in [5.41, 5.74) is 1.99. The molecule has 0 radical (unpaired) electrons. The van der Waals surface area contributed by atoms with Crippen molar-refractivity contribution in [1.82, 2.24) is 10.2 Å². The lowest BCUT2D eigenvalue weighted by Gasteiger charge is -2.32. The Morgan fingerprint density at radius 3 is 2.24 bits per heavy atom. The first-order valence-corrected chi connectivity index (χ1v) is 15.3. The van der Waals surface area contributed by atoms with Gasteiger partial charge in [0.1, 0.15) is 17.6 Å². The molecule has 0 fully saturated rings. The maximum Gasteiger partial charge on any atom is 0.243 e. The zero-order chi connectivity index (χ0) is 30.0. The molecule has 0 saturated heterocycles. The number of nitrogens with one attached hydrogen (secondary N) is 1. The molecule has 0 aliphatic carbocycles. The van der Waals surface area contributed by atoms with Crippen molar-refractivity contribution < 1.29 is 27.1 Å². The van der Waals surface area contributed by atoms with E-state index < -0.39 is 21.9 Å². The molecular weight excluding hydrogens is 545 g/mol. The normalized spacial score (nSPS) is 12.0. The van der Waals surface area contributed by atoms with E-state index in [0.29, 0.717) is 17.0 Å². The van der Waals surface area contributed by atoms with Crippen molar-refractivity contribution in [3.63, 3.8) is 0 Å². The Morgan fingerprint density at radius 1 is 0.951 bits per heavy atom. The molecule has 0 bridgehead atoms. The lowest BCUT2D eigenvalue weighted by atomic mass is 10.0. The van der Waals surface area contributed by atoms with Crippen molar-refractivity contribution in [3.8, 4) is 5.75 Å². The van der Waals surface area contributed by atoms with Crippen molar-refractivity contribution in [2.75, 3.05) is 24.2 Å². The highest BCUT2D eigenvalue weighted by molar-refractivity contribution is 7.92. The fourth-order valence-electron chi connectivity index (χ4n) is 4.49. The number of sulfonamides is 1. The number of carbonyl (C=O) groups excluding carboxylic acids is 2. The van der Waals surface area contributed by atoms with Crippen molar-refractivity contribution in [2.24, 2.45) is 0 Å². The molecule has 3 aromatic rings. The molecule has 3 aromatic carbocycles. The minimum absolute atomic E-state index is 0.00255. The van der Waals surface area contributed by atoms with E-state index in [1.807, 2.05) is 44.2 Å². The number of anilines is 1. The molecule has 0 saturated carbocycles. The molecule has 1 N–H and O–H groups in total. The number of nitrogens with zero attached hydrogens (tertiary/aromatic N) is 2. The lowest BCUT2D eigenvalue weighted by Crippen LogP contribution is -2.51. The smallest absolute Gasteiger partial charge is 0.243 e. The summed E-state index contributed by atoms with van der Waals surface area (Å²) in [6.07, 6.45) is 1.61. The molecular formula is C31H38FN3O5S. The van der Waals surface area contributed by atoms with Gasteiger partial charge in [0.2, 0.25) is 21.8 Å². The molecule has 0 aliphatic heterocycles. The van der Waals surface area contributed by atoms with Gasteiger partial charge in [0, 0.05) is 38.0 Å². The quantitative estimate of drug-likeness (QED) is 0.301. The third kappa shape index (κ3) is 9.60. The van der Waals surface area contributed by atoms with E-state index in [1.165, 1.54) is 28.4 Å². The molecule has 8 nitrogen and oxygen atoms in total. The molecule has 0 aliphatic rings. The standard InChI is InChI=1S/C31H38FN3O5S/c1-23(2)33-31(37)29(20-24-10-6-5-7-11-24)34(22-25-15-17-26(32)18-16-25)30(36)14-9-19-35(41(4,38)39)27-12-8-13-28(21-27)40-3/h5-8,10-13,15-18,21,23,29H,9,14,19-20,22H2,1-4H3,(H,33,37)/t29-/m0/s1. The number of amides is 2. The molecule has 0 heterocycles. The maximum absolute atomic E-state index is 13.8. The summed E-state index contributed by atoms with van der Waals surface area (Å²) >= 11 is 0. The monoisotopic (exact) mass is 583 g/mol. The second kappa shape index (κ2) is 14.6. The number of hydrogen-bond acceptors (Lipinski definition) is 5. The average Bonchev–Trinajstić information content (AvgIpc) is 2.93. The van der Waals surface area contributed by atoms with E-state index in [-0.39, 0.29) is 50.2 Å². The van der Waals surface area contributed by atoms with Crippen LogP contribution < -0.4 is 14.4 Å². The van der Waals surface area contributed by atoms with Gasteiger partial charge in [-0.25, -0.2) is 12.8 Å². The fourth-order valence-corrected chi connectivity index (χ4v) is 5.45. The summed E-state index contributed by atoms with van der Waals surface area (Å²) in [4.78, 5) is 28.7. The van der Waals surface area contributed by atoms with Crippen molar-refractivity contribution >= 4 is 27.5 Å². The predicted molar refractivity (Wildman–Crippen MR) is 159 cm³/mol. The van der Waals surface area contributed by atoms with Crippen LogP contribution in [0.15, 0.2) is 78.9 Å². The molecule has 0 unspecified atom stereocenters. The number of hydrogen-bond donors (Lipinski definition) is 1. The average molecular weight is 584 g/mol. The second-order valence-corrected chi connectivity index (χ2v) is 12.1. The fraction of sp³-hybridized carbons (Fsp3) is 0.355. The minimum Gasteiger partial charge on any atom is -0.497 e. The van der Waals surface area contributed by atoms with E-state index in [4.69, 9.17) is 4.74 Å². The zero-order valence-corrected chi connectivity index (χ0v) is 24.7. The number of methoxy groups -OCH3 is 1. The summed E-state index contributed by atoms with van der Waals surface area (Å²) in [6, 6.07) is 21.0. The molecule has 220 valence electrons. The molecule has 1 atom stereocenters. The third-order valence-electron chi connectivity index (χ3n) is 6.46. The predicted octanol–water partition coefficient (Wildman–Crippen LogP) is 4.55. The molecule has 41 heavy (non-hydrogen) atoms. The van der Waals surface area contributed by atoms with Gasteiger partial charge in [0.25, 0.3) is 0 Å². The summed E-state index contributed by atoms with van der Waals surface area (Å²) in [6.45, 7) is 3.85. The molecule has 10 heteroatoms. The van der Waals surface area contributed by atoms with Crippen LogP contribution in [0.2, 0.25) is 0 Å². The van der Waals surface area contributed by atoms with E-state index in [2.05, 4.69) is 5.32 Å². The number of carbonyl (C=O) groups is 2. The van der Waals surface area contributed by atoms with E-state index in [0.717, 1.165) is 11.8 Å². The minimum atomic E-state index is -3.64. The van der Waals surface area contributed by atoms with E-state index in [1.54, 1.807) is 36.4 Å². The Balaban J connectivity index is 1.88. The number of halogens is 1. The van der Waals surface area contributed by atoms with Gasteiger partial charge in [-0.3, -0.25) is 13.9 Å². The van der Waals surface area contributed by atoms with Crippen LogP contribution in [-0.4, -0.2) is 57.1 Å².